The lowest BCUT2D eigenvalue weighted by Gasteiger charge is -2.17. The number of anilines is 2. The van der Waals surface area contributed by atoms with E-state index in [0.29, 0.717) is 24.1 Å². The zero-order valence-corrected chi connectivity index (χ0v) is 12.8. The first-order valence-corrected chi connectivity index (χ1v) is 7.25. The number of ether oxygens (including phenoxy) is 1. The van der Waals surface area contributed by atoms with Gasteiger partial charge in [-0.05, 0) is 24.5 Å². The molecule has 2 aromatic rings. The molecule has 0 spiro atoms. The number of nitrogen functional groups attached to an aromatic ring is 1. The van der Waals surface area contributed by atoms with Crippen LogP contribution in [0.5, 0.6) is 5.88 Å². The highest BCUT2D eigenvalue weighted by molar-refractivity contribution is 5.54. The number of hydrogen-bond donors (Lipinski definition) is 3. The molecule has 0 saturated heterocycles. The normalized spacial score (nSPS) is 12.4. The van der Waals surface area contributed by atoms with Gasteiger partial charge in [0, 0.05) is 12.4 Å². The van der Waals surface area contributed by atoms with Crippen LogP contribution in [0, 0.1) is 5.92 Å². The van der Waals surface area contributed by atoms with Gasteiger partial charge in [-0.25, -0.2) is 4.98 Å². The fraction of sp³-hybridized carbons (Fsp3) is 0.467. The number of imidazole rings is 1. The van der Waals surface area contributed by atoms with Gasteiger partial charge in [0.25, 0.3) is 0 Å². The Kier molecular flexibility index (Phi) is 5.03. The number of aromatic nitrogens is 3. The van der Waals surface area contributed by atoms with E-state index in [1.54, 1.807) is 12.3 Å². The number of aromatic amines is 1. The standard InChI is InChI=1S/C15H23N5O/c1-4-12(14-17-7-8-18-14)19-13-6-5-11(16)15(20-13)21-9-10(2)3/h5-8,10,12H,4,9,16H2,1-3H3,(H,17,18)(H,19,20). The van der Waals surface area contributed by atoms with Crippen molar-refractivity contribution in [2.24, 2.45) is 5.92 Å². The first-order valence-electron chi connectivity index (χ1n) is 7.25. The van der Waals surface area contributed by atoms with Gasteiger partial charge >= 0.3 is 0 Å². The zero-order valence-electron chi connectivity index (χ0n) is 12.8. The van der Waals surface area contributed by atoms with E-state index in [2.05, 4.69) is 41.0 Å². The summed E-state index contributed by atoms with van der Waals surface area (Å²) in [7, 11) is 0. The summed E-state index contributed by atoms with van der Waals surface area (Å²) in [5.41, 5.74) is 6.45. The summed E-state index contributed by atoms with van der Waals surface area (Å²) in [6.45, 7) is 6.86. The van der Waals surface area contributed by atoms with E-state index in [0.717, 1.165) is 18.1 Å². The molecule has 0 aromatic carbocycles. The molecule has 0 aliphatic rings. The van der Waals surface area contributed by atoms with Crippen LogP contribution in [0.25, 0.3) is 0 Å². The maximum atomic E-state index is 5.90. The van der Waals surface area contributed by atoms with Crippen LogP contribution in [0.15, 0.2) is 24.5 Å². The minimum absolute atomic E-state index is 0.0778. The summed E-state index contributed by atoms with van der Waals surface area (Å²) in [5.74, 6) is 2.52. The molecule has 0 radical (unpaired) electrons. The van der Waals surface area contributed by atoms with Crippen molar-refractivity contribution in [2.75, 3.05) is 17.7 Å². The largest absolute Gasteiger partial charge is 0.476 e. The smallest absolute Gasteiger partial charge is 0.239 e. The van der Waals surface area contributed by atoms with E-state index in [9.17, 15) is 0 Å². The van der Waals surface area contributed by atoms with Gasteiger partial charge in [-0.3, -0.25) is 0 Å². The van der Waals surface area contributed by atoms with Gasteiger partial charge in [0.1, 0.15) is 11.6 Å². The van der Waals surface area contributed by atoms with E-state index in [-0.39, 0.29) is 6.04 Å². The van der Waals surface area contributed by atoms with Crippen molar-refractivity contribution in [3.63, 3.8) is 0 Å². The third-order valence-electron chi connectivity index (χ3n) is 3.02. The quantitative estimate of drug-likeness (QED) is 0.729. The molecule has 2 aromatic heterocycles. The highest BCUT2D eigenvalue weighted by Crippen LogP contribution is 2.24. The average molecular weight is 289 g/mol. The predicted octanol–water partition coefficient (Wildman–Crippen LogP) is 2.98. The molecule has 0 aliphatic carbocycles. The molecule has 0 bridgehead atoms. The summed E-state index contributed by atoms with van der Waals surface area (Å²) in [5, 5.41) is 3.35. The number of nitrogens with one attached hydrogen (secondary N) is 2. The van der Waals surface area contributed by atoms with Crippen LogP contribution < -0.4 is 15.8 Å². The molecule has 1 atom stereocenters. The molecule has 21 heavy (non-hydrogen) atoms. The number of H-pyrrole nitrogens is 1. The van der Waals surface area contributed by atoms with Crippen LogP contribution in [0.3, 0.4) is 0 Å². The van der Waals surface area contributed by atoms with Crippen LogP contribution in [-0.4, -0.2) is 21.6 Å². The van der Waals surface area contributed by atoms with E-state index in [4.69, 9.17) is 10.5 Å². The molecule has 6 heteroatoms. The van der Waals surface area contributed by atoms with Gasteiger partial charge in [-0.2, -0.15) is 4.98 Å². The van der Waals surface area contributed by atoms with E-state index in [1.807, 2.05) is 12.3 Å². The Morgan fingerprint density at radius 2 is 2.19 bits per heavy atom. The molecule has 2 rings (SSSR count). The molecule has 0 amide bonds. The van der Waals surface area contributed by atoms with E-state index in [1.165, 1.54) is 0 Å². The molecule has 0 aliphatic heterocycles. The monoisotopic (exact) mass is 289 g/mol. The average Bonchev–Trinajstić information content (AvgIpc) is 2.98. The Morgan fingerprint density at radius 1 is 1.38 bits per heavy atom. The van der Waals surface area contributed by atoms with Crippen molar-refractivity contribution >= 4 is 11.5 Å². The molecular formula is C15H23N5O. The summed E-state index contributed by atoms with van der Waals surface area (Å²) < 4.78 is 5.65. The van der Waals surface area contributed by atoms with Gasteiger partial charge in [-0.15, -0.1) is 0 Å². The third-order valence-corrected chi connectivity index (χ3v) is 3.02. The van der Waals surface area contributed by atoms with Crippen molar-refractivity contribution in [1.82, 2.24) is 15.0 Å². The Bertz CT molecular complexity index is 553. The fourth-order valence-electron chi connectivity index (χ4n) is 1.90. The highest BCUT2D eigenvalue weighted by atomic mass is 16.5. The number of nitrogens with zero attached hydrogens (tertiary/aromatic N) is 2. The van der Waals surface area contributed by atoms with Crippen LogP contribution in [0.2, 0.25) is 0 Å². The fourth-order valence-corrected chi connectivity index (χ4v) is 1.90. The molecule has 6 nitrogen and oxygen atoms in total. The topological polar surface area (TPSA) is 88.8 Å². The molecule has 2 heterocycles. The molecule has 0 saturated carbocycles. The van der Waals surface area contributed by atoms with Crippen molar-refractivity contribution in [3.05, 3.63) is 30.4 Å². The summed E-state index contributed by atoms with van der Waals surface area (Å²) in [4.78, 5) is 11.8. The SMILES string of the molecule is CCC(Nc1ccc(N)c(OCC(C)C)n1)c1ncc[nH]1. The van der Waals surface area contributed by atoms with Gasteiger partial charge in [0.15, 0.2) is 0 Å². The van der Waals surface area contributed by atoms with Crippen LogP contribution in [0.1, 0.15) is 39.1 Å². The second-order valence-electron chi connectivity index (χ2n) is 5.38. The Morgan fingerprint density at radius 3 is 2.81 bits per heavy atom. The third kappa shape index (κ3) is 4.11. The first kappa shape index (κ1) is 15.2. The Balaban J connectivity index is 2.10. The zero-order chi connectivity index (χ0) is 15.2. The second-order valence-corrected chi connectivity index (χ2v) is 5.38. The van der Waals surface area contributed by atoms with Crippen molar-refractivity contribution in [1.29, 1.82) is 0 Å². The molecule has 4 N–H and O–H groups in total. The van der Waals surface area contributed by atoms with Crippen LogP contribution in [0.4, 0.5) is 11.5 Å². The number of pyridine rings is 1. The van der Waals surface area contributed by atoms with E-state index < -0.39 is 0 Å². The van der Waals surface area contributed by atoms with Crippen molar-refractivity contribution in [2.45, 2.75) is 33.2 Å². The second kappa shape index (κ2) is 6.97. The Hall–Kier alpha value is -2.24. The van der Waals surface area contributed by atoms with Crippen LogP contribution >= 0.6 is 0 Å². The minimum atomic E-state index is 0.0778. The lowest BCUT2D eigenvalue weighted by molar-refractivity contribution is 0.263. The summed E-state index contributed by atoms with van der Waals surface area (Å²) >= 11 is 0. The molecule has 0 fully saturated rings. The Labute approximate surface area is 125 Å². The first-order chi connectivity index (χ1) is 10.1. The summed E-state index contributed by atoms with van der Waals surface area (Å²) in [6, 6.07) is 3.73. The van der Waals surface area contributed by atoms with Crippen molar-refractivity contribution < 1.29 is 4.74 Å². The maximum Gasteiger partial charge on any atom is 0.239 e. The number of nitrogens with two attached hydrogens (primary N) is 1. The predicted molar refractivity (Wildman–Crippen MR) is 84.2 cm³/mol. The lowest BCUT2D eigenvalue weighted by atomic mass is 10.2. The number of rotatable bonds is 7. The lowest BCUT2D eigenvalue weighted by Crippen LogP contribution is -2.13. The summed E-state index contributed by atoms with van der Waals surface area (Å²) in [6.07, 6.45) is 4.45. The molecule has 1 unspecified atom stereocenters. The highest BCUT2D eigenvalue weighted by Gasteiger charge is 2.13. The molecule has 114 valence electrons. The van der Waals surface area contributed by atoms with E-state index >= 15 is 0 Å². The van der Waals surface area contributed by atoms with Crippen molar-refractivity contribution in [3.8, 4) is 5.88 Å². The van der Waals surface area contributed by atoms with Gasteiger partial charge in [0.2, 0.25) is 5.88 Å². The van der Waals surface area contributed by atoms with Gasteiger partial charge in [-0.1, -0.05) is 20.8 Å². The maximum absolute atomic E-state index is 5.90. The minimum Gasteiger partial charge on any atom is -0.476 e. The van der Waals surface area contributed by atoms with Gasteiger partial charge < -0.3 is 20.8 Å². The molecular weight excluding hydrogens is 266 g/mol. The van der Waals surface area contributed by atoms with Gasteiger partial charge in [0.05, 0.1) is 18.3 Å². The van der Waals surface area contributed by atoms with Crippen LogP contribution in [-0.2, 0) is 0 Å². The number of hydrogen-bond acceptors (Lipinski definition) is 5.